The fourth-order valence-corrected chi connectivity index (χ4v) is 4.50. The number of piperidine rings is 1. The van der Waals surface area contributed by atoms with Gasteiger partial charge in [0.25, 0.3) is 5.91 Å². The van der Waals surface area contributed by atoms with E-state index in [-0.39, 0.29) is 17.7 Å². The average Bonchev–Trinajstić information content (AvgIpc) is 3.13. The van der Waals surface area contributed by atoms with E-state index >= 15 is 0 Å². The number of thioether (sulfide) groups is 1. The first-order chi connectivity index (χ1) is 11.2. The summed E-state index contributed by atoms with van der Waals surface area (Å²) >= 11 is 1.95. The zero-order valence-electron chi connectivity index (χ0n) is 13.4. The number of benzene rings is 1. The molecular weight excluding hydrogens is 308 g/mol. The normalized spacial score (nSPS) is 24.4. The van der Waals surface area contributed by atoms with Crippen LogP contribution in [0.3, 0.4) is 0 Å². The highest BCUT2D eigenvalue weighted by atomic mass is 32.2. The Morgan fingerprint density at radius 3 is 2.74 bits per heavy atom. The third kappa shape index (κ3) is 4.28. The minimum absolute atomic E-state index is 0.0365. The van der Waals surface area contributed by atoms with Crippen molar-refractivity contribution in [1.29, 1.82) is 0 Å². The molecule has 0 saturated carbocycles. The monoisotopic (exact) mass is 332 g/mol. The van der Waals surface area contributed by atoms with Crippen LogP contribution in [0.15, 0.2) is 30.3 Å². The van der Waals surface area contributed by atoms with Crippen molar-refractivity contribution >= 4 is 23.6 Å². The fraction of sp³-hybridized carbons (Fsp3) is 0.556. The van der Waals surface area contributed by atoms with Crippen molar-refractivity contribution in [2.75, 3.05) is 25.4 Å². The number of nitrogens with one attached hydrogen (secondary N) is 1. The lowest BCUT2D eigenvalue weighted by Gasteiger charge is -2.32. The molecule has 0 aromatic heterocycles. The molecule has 0 radical (unpaired) electrons. The first-order valence-electron chi connectivity index (χ1n) is 8.47. The predicted molar refractivity (Wildman–Crippen MR) is 93.6 cm³/mol. The topological polar surface area (TPSA) is 49.4 Å². The molecular formula is C18H24N2O2S. The zero-order valence-corrected chi connectivity index (χ0v) is 14.2. The van der Waals surface area contributed by atoms with Crippen LogP contribution in [0.2, 0.25) is 0 Å². The smallest absolute Gasteiger partial charge is 0.253 e. The number of hydrogen-bond acceptors (Lipinski definition) is 3. The molecule has 5 heteroatoms. The molecule has 1 N–H and O–H groups in total. The largest absolute Gasteiger partial charge is 0.355 e. The second kappa shape index (κ2) is 7.86. The molecule has 1 aromatic rings. The van der Waals surface area contributed by atoms with Crippen LogP contribution < -0.4 is 5.32 Å². The number of rotatable bonds is 4. The van der Waals surface area contributed by atoms with Gasteiger partial charge in [-0.05, 0) is 43.6 Å². The molecule has 23 heavy (non-hydrogen) atoms. The van der Waals surface area contributed by atoms with Crippen LogP contribution in [-0.4, -0.2) is 47.4 Å². The Morgan fingerprint density at radius 1 is 1.17 bits per heavy atom. The average molecular weight is 332 g/mol. The van der Waals surface area contributed by atoms with E-state index in [0.29, 0.717) is 17.4 Å². The summed E-state index contributed by atoms with van der Waals surface area (Å²) in [6.07, 6.45) is 4.24. The van der Waals surface area contributed by atoms with Crippen molar-refractivity contribution in [1.82, 2.24) is 10.2 Å². The van der Waals surface area contributed by atoms with Crippen molar-refractivity contribution in [2.24, 2.45) is 5.92 Å². The van der Waals surface area contributed by atoms with Crippen molar-refractivity contribution in [3.63, 3.8) is 0 Å². The predicted octanol–water partition coefficient (Wildman–Crippen LogP) is 2.55. The molecule has 2 aliphatic heterocycles. The van der Waals surface area contributed by atoms with Gasteiger partial charge in [0, 0.05) is 30.4 Å². The van der Waals surface area contributed by atoms with Gasteiger partial charge in [-0.1, -0.05) is 18.2 Å². The molecule has 2 saturated heterocycles. The fourth-order valence-electron chi connectivity index (χ4n) is 3.30. The van der Waals surface area contributed by atoms with Gasteiger partial charge in [0.05, 0.1) is 5.92 Å². The number of likely N-dealkylation sites (tertiary alicyclic amines) is 1. The molecule has 3 rings (SSSR count). The number of hydrogen-bond donors (Lipinski definition) is 1. The van der Waals surface area contributed by atoms with E-state index in [1.54, 1.807) is 0 Å². The van der Waals surface area contributed by atoms with Crippen LogP contribution in [0.1, 0.15) is 36.0 Å². The lowest BCUT2D eigenvalue weighted by molar-refractivity contribution is -0.126. The molecule has 2 atom stereocenters. The van der Waals surface area contributed by atoms with Crippen molar-refractivity contribution < 1.29 is 9.59 Å². The zero-order chi connectivity index (χ0) is 16.1. The van der Waals surface area contributed by atoms with Crippen LogP contribution >= 0.6 is 11.8 Å². The van der Waals surface area contributed by atoms with E-state index in [4.69, 9.17) is 0 Å². The van der Waals surface area contributed by atoms with Crippen molar-refractivity contribution in [3.05, 3.63) is 35.9 Å². The third-order valence-electron chi connectivity index (χ3n) is 4.63. The first-order valence-corrected chi connectivity index (χ1v) is 9.52. The van der Waals surface area contributed by atoms with Crippen LogP contribution in [0.25, 0.3) is 0 Å². The molecule has 2 amide bonds. The third-order valence-corrected chi connectivity index (χ3v) is 6.03. The maximum atomic E-state index is 12.5. The van der Waals surface area contributed by atoms with Gasteiger partial charge in [0.2, 0.25) is 5.91 Å². The standard InChI is InChI=1S/C18H24N2O2S/c21-17(19-12-16-9-5-11-23-16)15-8-4-10-20(13-15)18(22)14-6-2-1-3-7-14/h1-3,6-7,15-16H,4-5,8-13H2,(H,19,21)/t15-,16+/m0/s1. The second-order valence-electron chi connectivity index (χ2n) is 6.34. The quantitative estimate of drug-likeness (QED) is 0.922. The van der Waals surface area contributed by atoms with Gasteiger partial charge in [-0.25, -0.2) is 0 Å². The van der Waals surface area contributed by atoms with E-state index in [2.05, 4.69) is 5.32 Å². The highest BCUT2D eigenvalue weighted by Crippen LogP contribution is 2.25. The van der Waals surface area contributed by atoms with Gasteiger partial charge in [-0.3, -0.25) is 9.59 Å². The van der Waals surface area contributed by atoms with E-state index in [9.17, 15) is 9.59 Å². The van der Waals surface area contributed by atoms with Gasteiger partial charge in [0.1, 0.15) is 0 Å². The molecule has 0 spiro atoms. The van der Waals surface area contributed by atoms with Crippen LogP contribution in [0.5, 0.6) is 0 Å². The SMILES string of the molecule is O=C(NC[C@H]1CCCS1)[C@H]1CCCN(C(=O)c2ccccc2)C1. The summed E-state index contributed by atoms with van der Waals surface area (Å²) in [5.41, 5.74) is 0.705. The van der Waals surface area contributed by atoms with E-state index in [0.717, 1.165) is 25.9 Å². The van der Waals surface area contributed by atoms with E-state index in [1.807, 2.05) is 47.0 Å². The Bertz CT molecular complexity index is 543. The molecule has 2 heterocycles. The summed E-state index contributed by atoms with van der Waals surface area (Å²) in [6, 6.07) is 9.33. The van der Waals surface area contributed by atoms with Crippen molar-refractivity contribution in [3.8, 4) is 0 Å². The van der Waals surface area contributed by atoms with Gasteiger partial charge in [-0.15, -0.1) is 0 Å². The Kier molecular flexibility index (Phi) is 5.60. The lowest BCUT2D eigenvalue weighted by Crippen LogP contribution is -2.46. The Morgan fingerprint density at radius 2 is 2.00 bits per heavy atom. The summed E-state index contributed by atoms with van der Waals surface area (Å²) in [7, 11) is 0. The van der Waals surface area contributed by atoms with Crippen LogP contribution in [0, 0.1) is 5.92 Å². The Labute approximate surface area is 142 Å². The number of carbonyl (C=O) groups excluding carboxylic acids is 2. The first kappa shape index (κ1) is 16.4. The molecule has 0 aliphatic carbocycles. The number of carbonyl (C=O) groups is 2. The van der Waals surface area contributed by atoms with Gasteiger partial charge in [0.15, 0.2) is 0 Å². The van der Waals surface area contributed by atoms with E-state index < -0.39 is 0 Å². The van der Waals surface area contributed by atoms with E-state index in [1.165, 1.54) is 18.6 Å². The maximum Gasteiger partial charge on any atom is 0.253 e. The minimum Gasteiger partial charge on any atom is -0.355 e. The molecule has 124 valence electrons. The Hall–Kier alpha value is -1.49. The summed E-state index contributed by atoms with van der Waals surface area (Å²) in [4.78, 5) is 26.8. The molecule has 2 aliphatic rings. The summed E-state index contributed by atoms with van der Waals surface area (Å²) in [6.45, 7) is 2.06. The molecule has 0 unspecified atom stereocenters. The second-order valence-corrected chi connectivity index (χ2v) is 7.74. The Balaban J connectivity index is 1.53. The van der Waals surface area contributed by atoms with Gasteiger partial charge >= 0.3 is 0 Å². The molecule has 1 aromatic carbocycles. The number of amides is 2. The molecule has 0 bridgehead atoms. The highest BCUT2D eigenvalue weighted by Gasteiger charge is 2.29. The summed E-state index contributed by atoms with van der Waals surface area (Å²) in [5.74, 6) is 1.30. The molecule has 4 nitrogen and oxygen atoms in total. The van der Waals surface area contributed by atoms with Crippen LogP contribution in [-0.2, 0) is 4.79 Å². The van der Waals surface area contributed by atoms with Gasteiger partial charge in [-0.2, -0.15) is 11.8 Å². The molecule has 2 fully saturated rings. The summed E-state index contributed by atoms with van der Waals surface area (Å²) < 4.78 is 0. The minimum atomic E-state index is -0.0668. The summed E-state index contributed by atoms with van der Waals surface area (Å²) in [5, 5.41) is 3.67. The van der Waals surface area contributed by atoms with Gasteiger partial charge < -0.3 is 10.2 Å². The maximum absolute atomic E-state index is 12.5. The van der Waals surface area contributed by atoms with Crippen molar-refractivity contribution in [2.45, 2.75) is 30.9 Å². The highest BCUT2D eigenvalue weighted by molar-refractivity contribution is 8.00. The lowest BCUT2D eigenvalue weighted by atomic mass is 9.96. The van der Waals surface area contributed by atoms with Crippen LogP contribution in [0.4, 0.5) is 0 Å². The number of nitrogens with zero attached hydrogens (tertiary/aromatic N) is 1.